The number of hydrogen-bond donors (Lipinski definition) is 2. The van der Waals surface area contributed by atoms with Crippen molar-refractivity contribution in [2.75, 3.05) is 21.3 Å². The highest BCUT2D eigenvalue weighted by atomic mass is 16.5. The number of Topliss-reactive ketones (excluding diaryl/α,β-unsaturated/α-hetero) is 1. The van der Waals surface area contributed by atoms with Crippen LogP contribution in [0.1, 0.15) is 34.0 Å². The fraction of sp³-hybridized carbons (Fsp3) is 0.316. The van der Waals surface area contributed by atoms with Gasteiger partial charge in [0.15, 0.2) is 22.9 Å². The number of methoxy groups -OCH3 is 3. The molecule has 2 heterocycles. The van der Waals surface area contributed by atoms with E-state index in [9.17, 15) is 9.59 Å². The summed E-state index contributed by atoms with van der Waals surface area (Å²) < 4.78 is 16.2. The SMILES string of the molecule is COc1cc(C2CC(=O)c3cc4c(=O)[nH][nH]c4nc3C2)cc(OC)c1OC. The summed E-state index contributed by atoms with van der Waals surface area (Å²) in [4.78, 5) is 29.0. The molecule has 0 saturated heterocycles. The molecule has 27 heavy (non-hydrogen) atoms. The second-order valence-electron chi connectivity index (χ2n) is 6.44. The fourth-order valence-corrected chi connectivity index (χ4v) is 3.61. The van der Waals surface area contributed by atoms with Crippen molar-refractivity contribution >= 4 is 16.8 Å². The zero-order valence-electron chi connectivity index (χ0n) is 15.2. The average molecular weight is 369 g/mol. The molecule has 1 atom stereocenters. The zero-order valence-corrected chi connectivity index (χ0v) is 15.2. The van der Waals surface area contributed by atoms with Crippen molar-refractivity contribution in [2.24, 2.45) is 0 Å². The van der Waals surface area contributed by atoms with Gasteiger partial charge in [-0.1, -0.05) is 0 Å². The first kappa shape index (κ1) is 17.1. The van der Waals surface area contributed by atoms with Crippen LogP contribution >= 0.6 is 0 Å². The van der Waals surface area contributed by atoms with Gasteiger partial charge in [-0.25, -0.2) is 4.98 Å². The van der Waals surface area contributed by atoms with Gasteiger partial charge < -0.3 is 14.2 Å². The number of ketones is 1. The maximum Gasteiger partial charge on any atom is 0.273 e. The van der Waals surface area contributed by atoms with E-state index in [2.05, 4.69) is 15.2 Å². The molecule has 0 spiro atoms. The lowest BCUT2D eigenvalue weighted by molar-refractivity contribution is 0.0963. The number of carbonyl (C=O) groups is 1. The molecule has 0 radical (unpaired) electrons. The van der Waals surface area contributed by atoms with E-state index < -0.39 is 0 Å². The Hall–Kier alpha value is -3.29. The minimum atomic E-state index is -0.278. The van der Waals surface area contributed by atoms with Crippen molar-refractivity contribution < 1.29 is 19.0 Å². The highest BCUT2D eigenvalue weighted by Gasteiger charge is 2.30. The predicted octanol–water partition coefficient (Wildman–Crippen LogP) is 2.19. The first-order valence-electron chi connectivity index (χ1n) is 8.49. The van der Waals surface area contributed by atoms with E-state index in [4.69, 9.17) is 14.2 Å². The minimum Gasteiger partial charge on any atom is -0.493 e. The van der Waals surface area contributed by atoms with Crippen LogP contribution in [0.15, 0.2) is 23.0 Å². The number of benzene rings is 1. The number of ether oxygens (including phenoxy) is 3. The van der Waals surface area contributed by atoms with Crippen LogP contribution < -0.4 is 19.8 Å². The highest BCUT2D eigenvalue weighted by Crippen LogP contribution is 2.42. The van der Waals surface area contributed by atoms with Gasteiger partial charge in [0.05, 0.1) is 32.4 Å². The van der Waals surface area contributed by atoms with Gasteiger partial charge >= 0.3 is 0 Å². The molecule has 8 heteroatoms. The lowest BCUT2D eigenvalue weighted by atomic mass is 9.81. The molecule has 1 unspecified atom stereocenters. The first-order chi connectivity index (χ1) is 13.0. The molecule has 0 bridgehead atoms. The van der Waals surface area contributed by atoms with Crippen molar-refractivity contribution in [3.05, 3.63) is 45.4 Å². The standard InChI is InChI=1S/C19H19N3O5/c1-25-15-6-10(7-16(26-2)17(15)27-3)9-4-13-11(14(23)5-9)8-12-18(20-13)21-22-19(12)24/h6-9H,4-5H2,1-3H3,(H2,20,21,22,24). The van der Waals surface area contributed by atoms with Crippen molar-refractivity contribution in [3.8, 4) is 17.2 Å². The summed E-state index contributed by atoms with van der Waals surface area (Å²) in [7, 11) is 4.67. The van der Waals surface area contributed by atoms with Crippen LogP contribution in [0, 0.1) is 0 Å². The largest absolute Gasteiger partial charge is 0.493 e. The first-order valence-corrected chi connectivity index (χ1v) is 8.49. The van der Waals surface area contributed by atoms with Crippen LogP contribution in [-0.4, -0.2) is 42.3 Å². The van der Waals surface area contributed by atoms with Crippen LogP contribution in [-0.2, 0) is 6.42 Å². The van der Waals surface area contributed by atoms with Crippen molar-refractivity contribution in [2.45, 2.75) is 18.8 Å². The smallest absolute Gasteiger partial charge is 0.273 e. The molecule has 0 fully saturated rings. The summed E-state index contributed by atoms with van der Waals surface area (Å²) >= 11 is 0. The third-order valence-corrected chi connectivity index (χ3v) is 4.97. The number of hydrogen-bond acceptors (Lipinski definition) is 6. The Morgan fingerprint density at radius 2 is 1.67 bits per heavy atom. The Kier molecular flexibility index (Phi) is 4.10. The molecular formula is C19H19N3O5. The molecule has 2 N–H and O–H groups in total. The summed E-state index contributed by atoms with van der Waals surface area (Å²) in [6.45, 7) is 0. The molecule has 1 aromatic carbocycles. The van der Waals surface area contributed by atoms with E-state index in [1.165, 1.54) is 0 Å². The van der Waals surface area contributed by atoms with Gasteiger partial charge in [0.2, 0.25) is 5.75 Å². The maximum absolute atomic E-state index is 12.7. The summed E-state index contributed by atoms with van der Waals surface area (Å²) in [5, 5.41) is 5.64. The second kappa shape index (κ2) is 6.46. The number of aromatic nitrogens is 3. The summed E-state index contributed by atoms with van der Waals surface area (Å²) in [6, 6.07) is 5.35. The lowest BCUT2D eigenvalue weighted by Crippen LogP contribution is -2.20. The Labute approximate surface area is 154 Å². The molecule has 1 aliphatic rings. The van der Waals surface area contributed by atoms with E-state index in [1.807, 2.05) is 12.1 Å². The Bertz CT molecular complexity index is 1070. The van der Waals surface area contributed by atoms with Gasteiger partial charge in [-0.15, -0.1) is 0 Å². The second-order valence-corrected chi connectivity index (χ2v) is 6.44. The molecule has 0 aliphatic heterocycles. The van der Waals surface area contributed by atoms with E-state index in [0.29, 0.717) is 52.4 Å². The molecule has 1 aliphatic carbocycles. The number of nitrogens with zero attached hydrogens (tertiary/aromatic N) is 1. The highest BCUT2D eigenvalue weighted by molar-refractivity contribution is 6.01. The average Bonchev–Trinajstić information content (AvgIpc) is 3.05. The molecule has 8 nitrogen and oxygen atoms in total. The molecule has 0 saturated carbocycles. The topological polar surface area (TPSA) is 106 Å². The molecule has 0 amide bonds. The Morgan fingerprint density at radius 1 is 0.963 bits per heavy atom. The molecule has 2 aromatic heterocycles. The van der Waals surface area contributed by atoms with Gasteiger partial charge in [0.25, 0.3) is 5.56 Å². The van der Waals surface area contributed by atoms with Gasteiger partial charge in [0, 0.05) is 12.0 Å². The normalized spacial score (nSPS) is 16.3. The van der Waals surface area contributed by atoms with Crippen molar-refractivity contribution in [1.29, 1.82) is 0 Å². The van der Waals surface area contributed by atoms with E-state index in [1.54, 1.807) is 27.4 Å². The monoisotopic (exact) mass is 369 g/mol. The predicted molar refractivity (Wildman–Crippen MR) is 98.2 cm³/mol. The number of aromatic amines is 2. The number of fused-ring (bicyclic) bond motifs is 2. The zero-order chi connectivity index (χ0) is 19.1. The maximum atomic E-state index is 12.7. The van der Waals surface area contributed by atoms with Gasteiger partial charge in [-0.2, -0.15) is 0 Å². The third-order valence-electron chi connectivity index (χ3n) is 4.97. The van der Waals surface area contributed by atoms with E-state index in [0.717, 1.165) is 5.56 Å². The van der Waals surface area contributed by atoms with Crippen LogP contribution in [0.3, 0.4) is 0 Å². The third kappa shape index (κ3) is 2.73. The van der Waals surface area contributed by atoms with Crippen LogP contribution in [0.25, 0.3) is 11.0 Å². The summed E-state index contributed by atoms with van der Waals surface area (Å²) in [5.74, 6) is 1.49. The number of carbonyl (C=O) groups excluding carboxylic acids is 1. The van der Waals surface area contributed by atoms with Gasteiger partial charge in [-0.3, -0.25) is 19.8 Å². The number of pyridine rings is 1. The molecule has 3 aromatic rings. The lowest BCUT2D eigenvalue weighted by Gasteiger charge is -2.24. The van der Waals surface area contributed by atoms with Crippen molar-refractivity contribution in [1.82, 2.24) is 15.2 Å². The number of rotatable bonds is 4. The van der Waals surface area contributed by atoms with Crippen LogP contribution in [0.2, 0.25) is 0 Å². The summed E-state index contributed by atoms with van der Waals surface area (Å²) in [6.07, 6.45) is 0.893. The quantitative estimate of drug-likeness (QED) is 0.730. The minimum absolute atomic E-state index is 0.0370. The van der Waals surface area contributed by atoms with Crippen LogP contribution in [0.4, 0.5) is 0 Å². The van der Waals surface area contributed by atoms with E-state index in [-0.39, 0.29) is 17.3 Å². The van der Waals surface area contributed by atoms with Gasteiger partial charge in [0.1, 0.15) is 0 Å². The molecule has 140 valence electrons. The van der Waals surface area contributed by atoms with Crippen LogP contribution in [0.5, 0.6) is 17.2 Å². The van der Waals surface area contributed by atoms with Crippen molar-refractivity contribution in [3.63, 3.8) is 0 Å². The summed E-state index contributed by atoms with van der Waals surface area (Å²) in [5.41, 5.74) is 2.27. The molecule has 4 rings (SSSR count). The Morgan fingerprint density at radius 3 is 2.30 bits per heavy atom. The Balaban J connectivity index is 1.78. The van der Waals surface area contributed by atoms with Gasteiger partial charge in [-0.05, 0) is 36.1 Å². The fourth-order valence-electron chi connectivity index (χ4n) is 3.61. The number of H-pyrrole nitrogens is 2. The van der Waals surface area contributed by atoms with E-state index >= 15 is 0 Å². The number of nitrogens with one attached hydrogen (secondary N) is 2. The molecular weight excluding hydrogens is 350 g/mol.